The Morgan fingerprint density at radius 2 is 2.00 bits per heavy atom. The monoisotopic (exact) mass is 288 g/mol. The summed E-state index contributed by atoms with van der Waals surface area (Å²) in [4.78, 5) is 14.1. The van der Waals surface area contributed by atoms with E-state index < -0.39 is 0 Å². The van der Waals surface area contributed by atoms with Crippen molar-refractivity contribution in [1.29, 1.82) is 0 Å². The number of hydrogen-bond acceptors (Lipinski definition) is 2. The molecule has 1 aliphatic carbocycles. The number of urea groups is 1. The molecule has 1 saturated carbocycles. The van der Waals surface area contributed by atoms with E-state index >= 15 is 0 Å². The van der Waals surface area contributed by atoms with Gasteiger partial charge in [-0.25, -0.2) is 4.79 Å². The van der Waals surface area contributed by atoms with Crippen LogP contribution in [0, 0.1) is 5.92 Å². The fourth-order valence-electron chi connectivity index (χ4n) is 2.99. The summed E-state index contributed by atoms with van der Waals surface area (Å²) in [5.74, 6) is 1.50. The lowest BCUT2D eigenvalue weighted by molar-refractivity contribution is 0.0427. The Hall–Kier alpha value is -1.71. The quantitative estimate of drug-likeness (QED) is 0.905. The third kappa shape index (κ3) is 3.49. The molecule has 4 nitrogen and oxygen atoms in total. The standard InChI is InChI=1S/C17H24N2O2/c1-13(2)10-17(8-9-17)18-16(20)19-11-15(12-19)21-14-6-4-3-5-7-14/h3-7,13,15H,8-12H2,1-2H3,(H,18,20). The molecule has 114 valence electrons. The van der Waals surface area contributed by atoms with Crippen LogP contribution in [0.15, 0.2) is 30.3 Å². The van der Waals surface area contributed by atoms with Gasteiger partial charge in [0.25, 0.3) is 0 Å². The van der Waals surface area contributed by atoms with Gasteiger partial charge in [-0.2, -0.15) is 0 Å². The van der Waals surface area contributed by atoms with Crippen molar-refractivity contribution < 1.29 is 9.53 Å². The second kappa shape index (κ2) is 5.58. The first-order valence-corrected chi connectivity index (χ1v) is 7.85. The highest BCUT2D eigenvalue weighted by Gasteiger charge is 2.46. The zero-order valence-corrected chi connectivity index (χ0v) is 12.8. The SMILES string of the molecule is CC(C)CC1(NC(=O)N2CC(Oc3ccccc3)C2)CC1. The molecule has 3 rings (SSSR count). The van der Waals surface area contributed by atoms with Crippen molar-refractivity contribution >= 4 is 6.03 Å². The van der Waals surface area contributed by atoms with Gasteiger partial charge in [0.05, 0.1) is 13.1 Å². The van der Waals surface area contributed by atoms with E-state index in [1.54, 1.807) is 0 Å². The lowest BCUT2D eigenvalue weighted by Gasteiger charge is -2.39. The topological polar surface area (TPSA) is 41.6 Å². The second-order valence-electron chi connectivity index (χ2n) is 6.77. The Labute approximate surface area is 126 Å². The van der Waals surface area contributed by atoms with E-state index in [9.17, 15) is 4.79 Å². The summed E-state index contributed by atoms with van der Waals surface area (Å²) < 4.78 is 5.82. The van der Waals surface area contributed by atoms with Crippen LogP contribution in [-0.2, 0) is 0 Å². The average molecular weight is 288 g/mol. The summed E-state index contributed by atoms with van der Waals surface area (Å²) in [5.41, 5.74) is 0.0800. The minimum atomic E-state index is 0.0704. The largest absolute Gasteiger partial charge is 0.487 e. The van der Waals surface area contributed by atoms with Gasteiger partial charge in [-0.15, -0.1) is 0 Å². The molecule has 0 aromatic heterocycles. The fourth-order valence-corrected chi connectivity index (χ4v) is 2.99. The number of nitrogens with one attached hydrogen (secondary N) is 1. The minimum Gasteiger partial charge on any atom is -0.487 e. The molecule has 1 heterocycles. The average Bonchev–Trinajstić information content (AvgIpc) is 3.12. The predicted molar refractivity (Wildman–Crippen MR) is 82.4 cm³/mol. The molecule has 2 amide bonds. The Morgan fingerprint density at radius 3 is 2.57 bits per heavy atom. The smallest absolute Gasteiger partial charge is 0.318 e. The molecule has 0 spiro atoms. The molecule has 1 aliphatic heterocycles. The molecule has 0 unspecified atom stereocenters. The Balaban J connectivity index is 1.43. The van der Waals surface area contributed by atoms with Gasteiger partial charge in [0.1, 0.15) is 11.9 Å². The van der Waals surface area contributed by atoms with E-state index in [4.69, 9.17) is 4.74 Å². The number of rotatable bonds is 5. The predicted octanol–water partition coefficient (Wildman–Crippen LogP) is 3.04. The maximum Gasteiger partial charge on any atom is 0.318 e. The Kier molecular flexibility index (Phi) is 3.79. The molecule has 1 aromatic carbocycles. The molecule has 1 N–H and O–H groups in total. The first-order chi connectivity index (χ1) is 10.1. The first kappa shape index (κ1) is 14.2. The van der Waals surface area contributed by atoms with Crippen LogP contribution in [0.4, 0.5) is 4.79 Å². The van der Waals surface area contributed by atoms with Crippen LogP contribution in [0.3, 0.4) is 0 Å². The number of benzene rings is 1. The molecule has 0 atom stereocenters. The highest BCUT2D eigenvalue weighted by Crippen LogP contribution is 2.41. The maximum atomic E-state index is 12.2. The fraction of sp³-hybridized carbons (Fsp3) is 0.588. The van der Waals surface area contributed by atoms with Crippen molar-refractivity contribution in [3.05, 3.63) is 30.3 Å². The molecule has 2 fully saturated rings. The van der Waals surface area contributed by atoms with E-state index in [0.717, 1.165) is 25.0 Å². The number of para-hydroxylation sites is 1. The molecular weight excluding hydrogens is 264 g/mol. The van der Waals surface area contributed by atoms with Crippen LogP contribution >= 0.6 is 0 Å². The molecule has 21 heavy (non-hydrogen) atoms. The number of carbonyl (C=O) groups is 1. The molecule has 0 bridgehead atoms. The molecule has 4 heteroatoms. The summed E-state index contributed by atoms with van der Waals surface area (Å²) in [6, 6.07) is 9.86. The van der Waals surface area contributed by atoms with Gasteiger partial charge in [0.2, 0.25) is 0 Å². The van der Waals surface area contributed by atoms with E-state index in [1.165, 1.54) is 0 Å². The van der Waals surface area contributed by atoms with Crippen LogP contribution in [0.25, 0.3) is 0 Å². The number of amides is 2. The third-order valence-corrected chi connectivity index (χ3v) is 4.21. The van der Waals surface area contributed by atoms with Gasteiger partial charge in [-0.3, -0.25) is 0 Å². The minimum absolute atomic E-state index is 0.0704. The normalized spacial score (nSPS) is 20.0. The number of ether oxygens (including phenoxy) is 1. The number of hydrogen-bond donors (Lipinski definition) is 1. The van der Waals surface area contributed by atoms with Gasteiger partial charge < -0.3 is 15.0 Å². The van der Waals surface area contributed by atoms with E-state index in [0.29, 0.717) is 19.0 Å². The Morgan fingerprint density at radius 1 is 1.33 bits per heavy atom. The number of carbonyl (C=O) groups excluding carboxylic acids is 1. The van der Waals surface area contributed by atoms with Crippen molar-refractivity contribution in [2.24, 2.45) is 5.92 Å². The summed E-state index contributed by atoms with van der Waals surface area (Å²) >= 11 is 0. The first-order valence-electron chi connectivity index (χ1n) is 7.85. The van der Waals surface area contributed by atoms with Gasteiger partial charge in [0.15, 0.2) is 0 Å². The lowest BCUT2D eigenvalue weighted by Crippen LogP contribution is -2.60. The van der Waals surface area contributed by atoms with Gasteiger partial charge >= 0.3 is 6.03 Å². The van der Waals surface area contributed by atoms with E-state index in [-0.39, 0.29) is 17.7 Å². The Bertz CT molecular complexity index is 491. The van der Waals surface area contributed by atoms with Gasteiger partial charge in [0, 0.05) is 5.54 Å². The molecular formula is C17H24N2O2. The van der Waals surface area contributed by atoms with Crippen LogP contribution < -0.4 is 10.1 Å². The second-order valence-corrected chi connectivity index (χ2v) is 6.77. The number of likely N-dealkylation sites (tertiary alicyclic amines) is 1. The lowest BCUT2D eigenvalue weighted by atomic mass is 10.0. The van der Waals surface area contributed by atoms with Crippen LogP contribution in [-0.4, -0.2) is 35.7 Å². The zero-order valence-electron chi connectivity index (χ0n) is 12.8. The summed E-state index contributed by atoms with van der Waals surface area (Å²) in [6.07, 6.45) is 3.44. The highest BCUT2D eigenvalue weighted by atomic mass is 16.5. The third-order valence-electron chi connectivity index (χ3n) is 4.21. The van der Waals surface area contributed by atoms with Crippen molar-refractivity contribution in [2.45, 2.75) is 44.8 Å². The molecule has 0 radical (unpaired) electrons. The van der Waals surface area contributed by atoms with Crippen molar-refractivity contribution in [3.63, 3.8) is 0 Å². The van der Waals surface area contributed by atoms with Crippen LogP contribution in [0.2, 0.25) is 0 Å². The van der Waals surface area contributed by atoms with Gasteiger partial charge in [-0.1, -0.05) is 32.0 Å². The van der Waals surface area contributed by atoms with Gasteiger partial charge in [-0.05, 0) is 37.3 Å². The van der Waals surface area contributed by atoms with E-state index in [2.05, 4.69) is 19.2 Å². The number of nitrogens with zero attached hydrogens (tertiary/aromatic N) is 1. The summed E-state index contributed by atoms with van der Waals surface area (Å²) in [7, 11) is 0. The van der Waals surface area contributed by atoms with Crippen molar-refractivity contribution in [2.75, 3.05) is 13.1 Å². The van der Waals surface area contributed by atoms with Crippen LogP contribution in [0.1, 0.15) is 33.1 Å². The maximum absolute atomic E-state index is 12.2. The zero-order chi connectivity index (χ0) is 14.9. The van der Waals surface area contributed by atoms with Crippen molar-refractivity contribution in [3.8, 4) is 5.75 Å². The molecule has 1 saturated heterocycles. The summed E-state index contributed by atoms with van der Waals surface area (Å²) in [5, 5.41) is 3.22. The van der Waals surface area contributed by atoms with Crippen LogP contribution in [0.5, 0.6) is 5.75 Å². The summed E-state index contributed by atoms with van der Waals surface area (Å²) in [6.45, 7) is 5.77. The molecule has 2 aliphatic rings. The van der Waals surface area contributed by atoms with E-state index in [1.807, 2.05) is 35.2 Å². The highest BCUT2D eigenvalue weighted by molar-refractivity contribution is 5.76. The van der Waals surface area contributed by atoms with Crippen molar-refractivity contribution in [1.82, 2.24) is 10.2 Å². The molecule has 1 aromatic rings.